The van der Waals surface area contributed by atoms with Gasteiger partial charge in [0, 0.05) is 18.4 Å². The van der Waals surface area contributed by atoms with E-state index in [9.17, 15) is 0 Å². The normalized spacial score (nSPS) is 28.7. The lowest BCUT2D eigenvalue weighted by Gasteiger charge is -2.29. The first-order valence-electron chi connectivity index (χ1n) is 5.12. The first-order chi connectivity index (χ1) is 6.36. The zero-order valence-corrected chi connectivity index (χ0v) is 8.09. The van der Waals surface area contributed by atoms with Crippen molar-refractivity contribution in [2.24, 2.45) is 5.92 Å². The number of aromatic nitrogens is 2. The van der Waals surface area contributed by atoms with Crippen molar-refractivity contribution >= 4 is 5.95 Å². The van der Waals surface area contributed by atoms with Gasteiger partial charge in [0.25, 0.3) is 0 Å². The molecule has 2 N–H and O–H groups in total. The van der Waals surface area contributed by atoms with Crippen molar-refractivity contribution in [2.45, 2.75) is 38.6 Å². The van der Waals surface area contributed by atoms with Crippen molar-refractivity contribution in [3.8, 4) is 0 Å². The third kappa shape index (κ3) is 2.02. The summed E-state index contributed by atoms with van der Waals surface area (Å²) in [5.74, 6) is 1.69. The van der Waals surface area contributed by atoms with Crippen LogP contribution < -0.4 is 5.32 Å². The van der Waals surface area contributed by atoms with Gasteiger partial charge < -0.3 is 10.3 Å². The predicted octanol–water partition coefficient (Wildman–Crippen LogP) is 2.40. The molecule has 1 aromatic heterocycles. The average molecular weight is 179 g/mol. The maximum absolute atomic E-state index is 4.18. The van der Waals surface area contributed by atoms with Crippen LogP contribution in [0.1, 0.15) is 32.6 Å². The molecule has 0 aliphatic heterocycles. The van der Waals surface area contributed by atoms with E-state index in [1.807, 2.05) is 6.20 Å². The van der Waals surface area contributed by atoms with Crippen LogP contribution in [0.3, 0.4) is 0 Å². The summed E-state index contributed by atoms with van der Waals surface area (Å²) in [4.78, 5) is 7.26. The lowest BCUT2D eigenvalue weighted by Crippen LogP contribution is -2.30. The zero-order chi connectivity index (χ0) is 9.10. The lowest BCUT2D eigenvalue weighted by molar-refractivity contribution is 0.348. The number of H-pyrrole nitrogens is 1. The second kappa shape index (κ2) is 3.81. The molecule has 3 nitrogen and oxygen atoms in total. The lowest BCUT2D eigenvalue weighted by atomic mass is 9.86. The number of hydrogen-bond donors (Lipinski definition) is 2. The zero-order valence-electron chi connectivity index (χ0n) is 8.09. The topological polar surface area (TPSA) is 40.7 Å². The molecule has 2 atom stereocenters. The summed E-state index contributed by atoms with van der Waals surface area (Å²) in [5, 5.41) is 3.44. The highest BCUT2D eigenvalue weighted by atomic mass is 15.1. The molecule has 0 saturated heterocycles. The minimum Gasteiger partial charge on any atom is -0.353 e. The van der Waals surface area contributed by atoms with Gasteiger partial charge in [0.15, 0.2) is 5.95 Å². The predicted molar refractivity (Wildman–Crippen MR) is 53.6 cm³/mol. The Morgan fingerprint density at radius 1 is 1.46 bits per heavy atom. The maximum Gasteiger partial charge on any atom is 0.200 e. The molecule has 1 saturated carbocycles. The second-order valence-corrected chi connectivity index (χ2v) is 3.95. The van der Waals surface area contributed by atoms with Crippen LogP contribution >= 0.6 is 0 Å². The van der Waals surface area contributed by atoms with E-state index in [1.165, 1.54) is 25.7 Å². The quantitative estimate of drug-likeness (QED) is 0.732. The Hall–Kier alpha value is -0.990. The number of nitrogens with zero attached hydrogens (tertiary/aromatic N) is 1. The van der Waals surface area contributed by atoms with Crippen molar-refractivity contribution in [1.82, 2.24) is 9.97 Å². The van der Waals surface area contributed by atoms with Gasteiger partial charge in [0.1, 0.15) is 0 Å². The molecule has 72 valence electrons. The van der Waals surface area contributed by atoms with Gasteiger partial charge >= 0.3 is 0 Å². The van der Waals surface area contributed by atoms with E-state index in [0.717, 1.165) is 11.9 Å². The Kier molecular flexibility index (Phi) is 2.52. The molecule has 2 unspecified atom stereocenters. The molecule has 1 aromatic rings. The number of rotatable bonds is 2. The fourth-order valence-electron chi connectivity index (χ4n) is 2.05. The van der Waals surface area contributed by atoms with Crippen molar-refractivity contribution in [3.63, 3.8) is 0 Å². The second-order valence-electron chi connectivity index (χ2n) is 3.95. The van der Waals surface area contributed by atoms with Crippen molar-refractivity contribution < 1.29 is 0 Å². The first-order valence-corrected chi connectivity index (χ1v) is 5.12. The van der Waals surface area contributed by atoms with Crippen LogP contribution in [0.5, 0.6) is 0 Å². The standard InChI is InChI=1S/C10H17N3/c1-8-4-2-3-5-9(8)13-10-11-6-7-12-10/h6-9H,2-5H2,1H3,(H2,11,12,13). The van der Waals surface area contributed by atoms with Crippen LogP contribution in [0, 0.1) is 5.92 Å². The van der Waals surface area contributed by atoms with Gasteiger partial charge in [-0.05, 0) is 18.8 Å². The Morgan fingerprint density at radius 3 is 3.00 bits per heavy atom. The van der Waals surface area contributed by atoms with Crippen molar-refractivity contribution in [2.75, 3.05) is 5.32 Å². The Labute approximate surface area is 79.0 Å². The molecular formula is C10H17N3. The Balaban J connectivity index is 1.93. The largest absolute Gasteiger partial charge is 0.353 e. The molecule has 2 rings (SSSR count). The van der Waals surface area contributed by atoms with E-state index >= 15 is 0 Å². The number of hydrogen-bond acceptors (Lipinski definition) is 2. The van der Waals surface area contributed by atoms with E-state index in [1.54, 1.807) is 6.20 Å². The van der Waals surface area contributed by atoms with Crippen LogP contribution in [-0.4, -0.2) is 16.0 Å². The molecule has 1 fully saturated rings. The molecule has 0 bridgehead atoms. The highest BCUT2D eigenvalue weighted by Crippen LogP contribution is 2.25. The van der Waals surface area contributed by atoms with E-state index < -0.39 is 0 Å². The molecule has 0 amide bonds. The smallest absolute Gasteiger partial charge is 0.200 e. The molecule has 13 heavy (non-hydrogen) atoms. The first kappa shape index (κ1) is 8.60. The Bertz CT molecular complexity index is 243. The van der Waals surface area contributed by atoms with Crippen LogP contribution in [-0.2, 0) is 0 Å². The van der Waals surface area contributed by atoms with Gasteiger partial charge in [-0.15, -0.1) is 0 Å². The number of aromatic amines is 1. The summed E-state index contributed by atoms with van der Waals surface area (Å²) >= 11 is 0. The molecule has 1 aliphatic carbocycles. The average Bonchev–Trinajstić information content (AvgIpc) is 2.61. The third-order valence-corrected chi connectivity index (χ3v) is 2.93. The number of anilines is 1. The molecule has 1 heterocycles. The van der Waals surface area contributed by atoms with Gasteiger partial charge in [0.05, 0.1) is 0 Å². The summed E-state index contributed by atoms with van der Waals surface area (Å²) in [6, 6.07) is 0.611. The van der Waals surface area contributed by atoms with Gasteiger partial charge in [-0.3, -0.25) is 0 Å². The van der Waals surface area contributed by atoms with Crippen molar-refractivity contribution in [3.05, 3.63) is 12.4 Å². The monoisotopic (exact) mass is 179 g/mol. The summed E-state index contributed by atoms with van der Waals surface area (Å²) in [6.45, 7) is 2.32. The summed E-state index contributed by atoms with van der Waals surface area (Å²) in [6.07, 6.45) is 9.01. The molecule has 0 aromatic carbocycles. The van der Waals surface area contributed by atoms with E-state index in [-0.39, 0.29) is 0 Å². The van der Waals surface area contributed by atoms with Gasteiger partial charge in [-0.25, -0.2) is 4.98 Å². The maximum atomic E-state index is 4.18. The van der Waals surface area contributed by atoms with Gasteiger partial charge in [-0.2, -0.15) is 0 Å². The number of imidazole rings is 1. The van der Waals surface area contributed by atoms with Crippen LogP contribution in [0.15, 0.2) is 12.4 Å². The van der Waals surface area contributed by atoms with Crippen LogP contribution in [0.4, 0.5) is 5.95 Å². The molecule has 0 spiro atoms. The minimum absolute atomic E-state index is 0.611. The van der Waals surface area contributed by atoms with E-state index in [0.29, 0.717) is 6.04 Å². The van der Waals surface area contributed by atoms with E-state index in [2.05, 4.69) is 22.2 Å². The Morgan fingerprint density at radius 2 is 2.31 bits per heavy atom. The minimum atomic E-state index is 0.611. The highest BCUT2D eigenvalue weighted by molar-refractivity contribution is 5.25. The summed E-state index contributed by atoms with van der Waals surface area (Å²) < 4.78 is 0. The molecule has 1 aliphatic rings. The van der Waals surface area contributed by atoms with Crippen LogP contribution in [0.25, 0.3) is 0 Å². The summed E-state index contributed by atoms with van der Waals surface area (Å²) in [7, 11) is 0. The molecule has 0 radical (unpaired) electrons. The third-order valence-electron chi connectivity index (χ3n) is 2.93. The number of nitrogens with one attached hydrogen (secondary N) is 2. The van der Waals surface area contributed by atoms with E-state index in [4.69, 9.17) is 0 Å². The fourth-order valence-corrected chi connectivity index (χ4v) is 2.05. The molecule has 3 heteroatoms. The van der Waals surface area contributed by atoms with Gasteiger partial charge in [-0.1, -0.05) is 19.8 Å². The highest BCUT2D eigenvalue weighted by Gasteiger charge is 2.21. The SMILES string of the molecule is CC1CCCCC1Nc1ncc[nH]1. The van der Waals surface area contributed by atoms with Gasteiger partial charge in [0.2, 0.25) is 0 Å². The molecular weight excluding hydrogens is 162 g/mol. The fraction of sp³-hybridized carbons (Fsp3) is 0.700. The van der Waals surface area contributed by atoms with Crippen molar-refractivity contribution in [1.29, 1.82) is 0 Å². The van der Waals surface area contributed by atoms with Crippen LogP contribution in [0.2, 0.25) is 0 Å². The summed E-state index contributed by atoms with van der Waals surface area (Å²) in [5.41, 5.74) is 0.